The van der Waals surface area contributed by atoms with Crippen LogP contribution in [0.2, 0.25) is 0 Å². The number of likely N-dealkylation sites (tertiary alicyclic amines) is 1. The molecule has 4 rings (SSSR count). The van der Waals surface area contributed by atoms with Crippen molar-refractivity contribution in [2.24, 2.45) is 5.92 Å². The van der Waals surface area contributed by atoms with Crippen LogP contribution in [0, 0.1) is 5.92 Å². The lowest BCUT2D eigenvalue weighted by atomic mass is 9.72. The number of nitrogens with zero attached hydrogens (tertiary/aromatic N) is 1. The van der Waals surface area contributed by atoms with Gasteiger partial charge in [0.2, 0.25) is 0 Å². The Hall–Kier alpha value is -3.19. The molecule has 3 aromatic carbocycles. The largest absolute Gasteiger partial charge is 0.508 e. The van der Waals surface area contributed by atoms with Crippen molar-refractivity contribution in [3.05, 3.63) is 101 Å². The molecule has 6 nitrogen and oxygen atoms in total. The van der Waals surface area contributed by atoms with E-state index in [4.69, 9.17) is 4.74 Å². The first kappa shape index (κ1) is 30.4. The smallest absolute Gasteiger partial charge is 0.310 e. The maximum absolute atomic E-state index is 12.1. The maximum Gasteiger partial charge on any atom is 0.310 e. The van der Waals surface area contributed by atoms with Gasteiger partial charge < -0.3 is 25.0 Å². The van der Waals surface area contributed by atoms with E-state index < -0.39 is 11.7 Å². The summed E-state index contributed by atoms with van der Waals surface area (Å²) in [5.41, 5.74) is 1.97. The molecule has 3 N–H and O–H groups in total. The predicted molar refractivity (Wildman–Crippen MR) is 154 cm³/mol. The average Bonchev–Trinajstić information content (AvgIpc) is 2.94. The third-order valence-electron chi connectivity index (χ3n) is 7.67. The number of phenols is 1. The molecular formula is C33H43NO5. The quantitative estimate of drug-likeness (QED) is 0.278. The van der Waals surface area contributed by atoms with Crippen molar-refractivity contribution in [3.8, 4) is 5.75 Å². The number of benzene rings is 3. The number of aliphatic hydroxyl groups excluding tert-OH is 1. The van der Waals surface area contributed by atoms with Crippen molar-refractivity contribution in [2.45, 2.75) is 58.2 Å². The molecule has 6 heteroatoms. The number of ether oxygens (including phenoxy) is 1. The van der Waals surface area contributed by atoms with E-state index in [1.165, 1.54) is 6.07 Å². The molecule has 0 amide bonds. The van der Waals surface area contributed by atoms with Gasteiger partial charge in [0.1, 0.15) is 11.4 Å². The highest BCUT2D eigenvalue weighted by atomic mass is 16.5. The van der Waals surface area contributed by atoms with Crippen molar-refractivity contribution in [3.63, 3.8) is 0 Å². The number of aromatic hydroxyl groups is 1. The third kappa shape index (κ3) is 7.47. The second-order valence-corrected chi connectivity index (χ2v) is 10.1. The zero-order chi connectivity index (χ0) is 27.0. The molecule has 0 spiro atoms. The van der Waals surface area contributed by atoms with Crippen LogP contribution in [0.3, 0.4) is 0 Å². The number of piperidine rings is 1. The van der Waals surface area contributed by atoms with E-state index in [2.05, 4.69) is 4.90 Å². The van der Waals surface area contributed by atoms with Crippen molar-refractivity contribution in [1.82, 2.24) is 4.90 Å². The van der Waals surface area contributed by atoms with Gasteiger partial charge in [0.15, 0.2) is 0 Å². The van der Waals surface area contributed by atoms with Crippen LogP contribution in [0.1, 0.15) is 68.4 Å². The summed E-state index contributed by atoms with van der Waals surface area (Å²) in [5, 5.41) is 33.1. The lowest BCUT2D eigenvalue weighted by Crippen LogP contribution is -2.44. The average molecular weight is 534 g/mol. The normalized spacial score (nSPS) is 15.4. The van der Waals surface area contributed by atoms with Gasteiger partial charge in [-0.3, -0.25) is 4.79 Å². The number of hydrogen-bond acceptors (Lipinski definition) is 6. The van der Waals surface area contributed by atoms with Gasteiger partial charge in [-0.25, -0.2) is 0 Å². The Morgan fingerprint density at radius 2 is 1.59 bits per heavy atom. The summed E-state index contributed by atoms with van der Waals surface area (Å²) in [5.74, 6) is -0.227. The van der Waals surface area contributed by atoms with Crippen LogP contribution in [0.5, 0.6) is 5.75 Å². The second-order valence-electron chi connectivity index (χ2n) is 10.1. The SMILES string of the molecule is C.CCOC(=O)Cc1ccc(C(O)CCCN2CCC(C(O)(c3ccccc3)c3ccccc3)CC2)c(O)c1. The van der Waals surface area contributed by atoms with Gasteiger partial charge in [0.05, 0.1) is 19.1 Å². The van der Waals surface area contributed by atoms with Gasteiger partial charge in [0, 0.05) is 5.56 Å². The summed E-state index contributed by atoms with van der Waals surface area (Å²) < 4.78 is 4.96. The van der Waals surface area contributed by atoms with Crippen LogP contribution >= 0.6 is 0 Å². The molecule has 0 bridgehead atoms. The third-order valence-corrected chi connectivity index (χ3v) is 7.67. The molecule has 210 valence electrons. The molecule has 1 atom stereocenters. The number of hydrogen-bond donors (Lipinski definition) is 3. The van der Waals surface area contributed by atoms with Gasteiger partial charge in [-0.1, -0.05) is 80.2 Å². The molecular weight excluding hydrogens is 490 g/mol. The molecule has 3 aromatic rings. The van der Waals surface area contributed by atoms with E-state index in [1.807, 2.05) is 60.7 Å². The number of rotatable bonds is 11. The van der Waals surface area contributed by atoms with Crippen LogP contribution in [0.25, 0.3) is 0 Å². The van der Waals surface area contributed by atoms with Crippen LogP contribution in [-0.2, 0) is 21.6 Å². The Morgan fingerprint density at radius 3 is 2.13 bits per heavy atom. The molecule has 39 heavy (non-hydrogen) atoms. The van der Waals surface area contributed by atoms with E-state index in [-0.39, 0.29) is 31.5 Å². The molecule has 1 aliphatic rings. The van der Waals surface area contributed by atoms with Crippen LogP contribution in [0.15, 0.2) is 78.9 Å². The number of aliphatic hydroxyl groups is 2. The first-order chi connectivity index (χ1) is 18.4. The summed E-state index contributed by atoms with van der Waals surface area (Å²) in [4.78, 5) is 14.1. The van der Waals surface area contributed by atoms with Gasteiger partial charge >= 0.3 is 5.97 Å². The Labute approximate surface area is 232 Å². The van der Waals surface area contributed by atoms with E-state index in [0.717, 1.165) is 50.0 Å². The first-order valence-electron chi connectivity index (χ1n) is 13.6. The van der Waals surface area contributed by atoms with Gasteiger partial charge in [-0.15, -0.1) is 0 Å². The van der Waals surface area contributed by atoms with Crippen LogP contribution < -0.4 is 0 Å². The summed E-state index contributed by atoms with van der Waals surface area (Å²) >= 11 is 0. The minimum atomic E-state index is -1.03. The monoisotopic (exact) mass is 533 g/mol. The molecule has 0 saturated carbocycles. The predicted octanol–water partition coefficient (Wildman–Crippen LogP) is 5.60. The van der Waals surface area contributed by atoms with E-state index in [1.54, 1.807) is 19.1 Å². The van der Waals surface area contributed by atoms with Gasteiger partial charge in [-0.05, 0) is 80.9 Å². The highest BCUT2D eigenvalue weighted by molar-refractivity contribution is 5.72. The maximum atomic E-state index is 12.1. The highest BCUT2D eigenvalue weighted by Gasteiger charge is 2.41. The molecule has 1 fully saturated rings. The molecule has 1 unspecified atom stereocenters. The van der Waals surface area contributed by atoms with Crippen molar-refractivity contribution in [2.75, 3.05) is 26.2 Å². The minimum Gasteiger partial charge on any atom is -0.508 e. The Morgan fingerprint density at radius 1 is 1.00 bits per heavy atom. The fourth-order valence-electron chi connectivity index (χ4n) is 5.62. The van der Waals surface area contributed by atoms with Crippen molar-refractivity contribution >= 4 is 5.97 Å². The Kier molecular flexibility index (Phi) is 11.1. The molecule has 0 radical (unpaired) electrons. The van der Waals surface area contributed by atoms with Gasteiger partial charge in [0.25, 0.3) is 0 Å². The minimum absolute atomic E-state index is 0. The summed E-state index contributed by atoms with van der Waals surface area (Å²) in [7, 11) is 0. The zero-order valence-corrected chi connectivity index (χ0v) is 22.1. The fourth-order valence-corrected chi connectivity index (χ4v) is 5.62. The summed E-state index contributed by atoms with van der Waals surface area (Å²) in [6.07, 6.45) is 2.40. The van der Waals surface area contributed by atoms with Crippen LogP contribution in [-0.4, -0.2) is 52.4 Å². The lowest BCUT2D eigenvalue weighted by Gasteiger charge is -2.42. The van der Waals surface area contributed by atoms with E-state index in [9.17, 15) is 20.1 Å². The number of esters is 1. The standard InChI is InChI=1S/C32H39NO5.CH4/c1-2-38-31(36)23-24-15-16-28(30(35)22-24)29(34)14-9-19-33-20-17-27(18-21-33)32(37,25-10-5-3-6-11-25)26-12-7-4-8-13-26;/h3-8,10-13,15-16,22,27,29,34-35,37H,2,9,14,17-21,23H2,1H3;1H4. The van der Waals surface area contributed by atoms with E-state index in [0.29, 0.717) is 24.2 Å². The number of carbonyl (C=O) groups excluding carboxylic acids is 1. The van der Waals surface area contributed by atoms with Gasteiger partial charge in [-0.2, -0.15) is 0 Å². The topological polar surface area (TPSA) is 90.2 Å². The molecule has 0 aromatic heterocycles. The molecule has 1 saturated heterocycles. The molecule has 1 heterocycles. The highest BCUT2D eigenvalue weighted by Crippen LogP contribution is 2.42. The second kappa shape index (κ2) is 14.3. The molecule has 0 aliphatic carbocycles. The fraction of sp³-hybridized carbons (Fsp3) is 0.424. The lowest BCUT2D eigenvalue weighted by molar-refractivity contribution is -0.142. The summed E-state index contributed by atoms with van der Waals surface area (Å²) in [6.45, 7) is 4.69. The Bertz CT molecular complexity index is 1120. The molecule has 1 aliphatic heterocycles. The van der Waals surface area contributed by atoms with Crippen molar-refractivity contribution in [1.29, 1.82) is 0 Å². The Balaban J connectivity index is 0.00000420. The number of phenolic OH excluding ortho intramolecular Hbond substituents is 1. The number of carbonyl (C=O) groups is 1. The zero-order valence-electron chi connectivity index (χ0n) is 22.1. The first-order valence-corrected chi connectivity index (χ1v) is 13.6. The van der Waals surface area contributed by atoms with Crippen molar-refractivity contribution < 1.29 is 24.9 Å². The van der Waals surface area contributed by atoms with E-state index >= 15 is 0 Å². The summed E-state index contributed by atoms with van der Waals surface area (Å²) in [6, 6.07) is 24.9. The van der Waals surface area contributed by atoms with Crippen LogP contribution in [0.4, 0.5) is 0 Å².